The van der Waals surface area contributed by atoms with E-state index in [1.54, 1.807) is 0 Å². The Bertz CT molecular complexity index is 1130. The highest BCUT2D eigenvalue weighted by Gasteiger charge is 2.46. The SMILES string of the molecule is CCCCC/C=C\CCCCCCCC(=O)OCC(COC1OC(CS(=O)(=O)O)C(O)C(O)C1O)OC(=O)CCCCCCC/C=C\CCCCCCCC. The summed E-state index contributed by atoms with van der Waals surface area (Å²) < 4.78 is 53.9. The van der Waals surface area contributed by atoms with Crippen LogP contribution in [-0.2, 0) is 38.7 Å². The maximum atomic E-state index is 12.8. The predicted octanol–water partition coefficient (Wildman–Crippen LogP) is 8.06. The van der Waals surface area contributed by atoms with Gasteiger partial charge in [-0.2, -0.15) is 8.42 Å². The molecular weight excluding hydrogens is 729 g/mol. The van der Waals surface area contributed by atoms with Crippen LogP contribution < -0.4 is 0 Å². The van der Waals surface area contributed by atoms with E-state index in [1.807, 2.05) is 0 Å². The van der Waals surface area contributed by atoms with Crippen molar-refractivity contribution in [2.45, 2.75) is 211 Å². The molecule has 0 saturated carbocycles. The first kappa shape index (κ1) is 51.1. The van der Waals surface area contributed by atoms with Crippen LogP contribution in [-0.4, -0.2) is 96.0 Å². The fourth-order valence-electron chi connectivity index (χ4n) is 6.37. The molecule has 12 nitrogen and oxygen atoms in total. The lowest BCUT2D eigenvalue weighted by Crippen LogP contribution is -2.60. The van der Waals surface area contributed by atoms with E-state index in [-0.39, 0.29) is 19.4 Å². The molecule has 1 heterocycles. The third-order valence-corrected chi connectivity index (χ3v) is 10.5. The van der Waals surface area contributed by atoms with E-state index in [0.717, 1.165) is 77.0 Å². The molecule has 0 aromatic heterocycles. The lowest BCUT2D eigenvalue weighted by molar-refractivity contribution is -0.297. The van der Waals surface area contributed by atoms with Crippen LogP contribution in [0.25, 0.3) is 0 Å². The highest BCUT2D eigenvalue weighted by molar-refractivity contribution is 7.85. The lowest BCUT2D eigenvalue weighted by Gasteiger charge is -2.40. The van der Waals surface area contributed by atoms with Gasteiger partial charge >= 0.3 is 11.9 Å². The molecule has 0 aromatic carbocycles. The molecule has 1 rings (SSSR count). The molecule has 1 saturated heterocycles. The standard InChI is InChI=1S/C42H76O12S/c1-3-5-7-9-11-13-15-17-18-19-21-23-25-27-29-31-38(44)53-35(33-52-42-41(47)40(46)39(45)36(54-42)34-55(48,49)50)32-51-37(43)30-28-26-24-22-20-16-14-12-10-8-6-4-2/h12,14,17-18,35-36,39-42,45-47H,3-11,13,15-16,19-34H2,1-2H3,(H,48,49,50)/b14-12-,18-17-. The molecule has 0 radical (unpaired) electrons. The number of esters is 2. The fraction of sp³-hybridized carbons (Fsp3) is 0.857. The Hall–Kier alpha value is -1.87. The van der Waals surface area contributed by atoms with Crippen LogP contribution in [0.15, 0.2) is 24.3 Å². The van der Waals surface area contributed by atoms with Gasteiger partial charge in [-0.15, -0.1) is 0 Å². The summed E-state index contributed by atoms with van der Waals surface area (Å²) in [7, 11) is -4.60. The summed E-state index contributed by atoms with van der Waals surface area (Å²) in [6.45, 7) is 3.70. The number of hydrogen-bond acceptors (Lipinski definition) is 11. The van der Waals surface area contributed by atoms with E-state index in [9.17, 15) is 37.9 Å². The Morgan fingerprint density at radius 2 is 1.04 bits per heavy atom. The summed E-state index contributed by atoms with van der Waals surface area (Å²) in [5, 5.41) is 30.8. The molecule has 13 heteroatoms. The lowest BCUT2D eigenvalue weighted by atomic mass is 10.00. The molecule has 0 spiro atoms. The summed E-state index contributed by atoms with van der Waals surface area (Å²) in [5.41, 5.74) is 0. The highest BCUT2D eigenvalue weighted by atomic mass is 32.2. The number of aliphatic hydroxyl groups excluding tert-OH is 3. The Labute approximate surface area is 332 Å². The number of unbranched alkanes of at least 4 members (excludes halogenated alkanes) is 19. The summed E-state index contributed by atoms with van der Waals surface area (Å²) in [4.78, 5) is 25.3. The number of carbonyl (C=O) groups excluding carboxylic acids is 2. The van der Waals surface area contributed by atoms with Gasteiger partial charge in [0, 0.05) is 12.8 Å². The predicted molar refractivity (Wildman–Crippen MR) is 215 cm³/mol. The van der Waals surface area contributed by atoms with E-state index in [2.05, 4.69) is 38.2 Å². The number of allylic oxidation sites excluding steroid dienone is 4. The average molecular weight is 805 g/mol. The van der Waals surface area contributed by atoms with Crippen LogP contribution in [0, 0.1) is 0 Å². The highest BCUT2D eigenvalue weighted by Crippen LogP contribution is 2.24. The van der Waals surface area contributed by atoms with Crippen molar-refractivity contribution < 1.29 is 56.8 Å². The van der Waals surface area contributed by atoms with E-state index in [4.69, 9.17) is 18.9 Å². The van der Waals surface area contributed by atoms with Crippen molar-refractivity contribution >= 4 is 22.1 Å². The van der Waals surface area contributed by atoms with Crippen molar-refractivity contribution in [2.75, 3.05) is 19.0 Å². The van der Waals surface area contributed by atoms with Gasteiger partial charge in [0.25, 0.3) is 10.1 Å². The summed E-state index contributed by atoms with van der Waals surface area (Å²) in [5.74, 6) is -2.00. The molecule has 4 N–H and O–H groups in total. The Kier molecular flexibility index (Phi) is 30.8. The Balaban J connectivity index is 2.49. The second-order valence-electron chi connectivity index (χ2n) is 15.0. The zero-order valence-corrected chi connectivity index (χ0v) is 34.9. The molecule has 6 atom stereocenters. The van der Waals surface area contributed by atoms with Gasteiger partial charge in [-0.25, -0.2) is 0 Å². The number of carbonyl (C=O) groups is 2. The number of hydrogen-bond donors (Lipinski definition) is 4. The zero-order valence-electron chi connectivity index (χ0n) is 34.0. The van der Waals surface area contributed by atoms with Crippen molar-refractivity contribution in [3.05, 3.63) is 24.3 Å². The van der Waals surface area contributed by atoms with Gasteiger partial charge in [0.05, 0.1) is 6.61 Å². The third-order valence-electron chi connectivity index (χ3n) is 9.75. The first-order chi connectivity index (χ1) is 26.5. The molecule has 0 bridgehead atoms. The van der Waals surface area contributed by atoms with Crippen LogP contribution in [0.4, 0.5) is 0 Å². The topological polar surface area (TPSA) is 186 Å². The van der Waals surface area contributed by atoms with Crippen molar-refractivity contribution in [3.63, 3.8) is 0 Å². The molecule has 1 aliphatic rings. The smallest absolute Gasteiger partial charge is 0.306 e. The minimum Gasteiger partial charge on any atom is -0.462 e. The maximum Gasteiger partial charge on any atom is 0.306 e. The van der Waals surface area contributed by atoms with Crippen LogP contribution >= 0.6 is 0 Å². The van der Waals surface area contributed by atoms with Crippen LogP contribution in [0.2, 0.25) is 0 Å². The van der Waals surface area contributed by atoms with Gasteiger partial charge in [-0.05, 0) is 64.2 Å². The Morgan fingerprint density at radius 1 is 0.600 bits per heavy atom. The van der Waals surface area contributed by atoms with Crippen LogP contribution in [0.3, 0.4) is 0 Å². The molecule has 55 heavy (non-hydrogen) atoms. The monoisotopic (exact) mass is 805 g/mol. The van der Waals surface area contributed by atoms with Gasteiger partial charge in [-0.3, -0.25) is 14.1 Å². The minimum absolute atomic E-state index is 0.154. The molecule has 322 valence electrons. The Morgan fingerprint density at radius 3 is 1.55 bits per heavy atom. The van der Waals surface area contributed by atoms with Crippen molar-refractivity contribution in [3.8, 4) is 0 Å². The van der Waals surface area contributed by atoms with Crippen molar-refractivity contribution in [2.24, 2.45) is 0 Å². The van der Waals surface area contributed by atoms with Crippen molar-refractivity contribution in [1.82, 2.24) is 0 Å². The molecule has 0 aromatic rings. The second-order valence-corrected chi connectivity index (χ2v) is 16.5. The first-order valence-corrected chi connectivity index (χ1v) is 23.0. The van der Waals surface area contributed by atoms with E-state index in [1.165, 1.54) is 57.8 Å². The van der Waals surface area contributed by atoms with E-state index < -0.39 is 71.2 Å². The van der Waals surface area contributed by atoms with E-state index >= 15 is 0 Å². The summed E-state index contributed by atoms with van der Waals surface area (Å²) >= 11 is 0. The van der Waals surface area contributed by atoms with Gasteiger partial charge < -0.3 is 34.3 Å². The largest absolute Gasteiger partial charge is 0.462 e. The van der Waals surface area contributed by atoms with Crippen molar-refractivity contribution in [1.29, 1.82) is 0 Å². The number of ether oxygens (including phenoxy) is 4. The quantitative estimate of drug-likeness (QED) is 0.0209. The summed E-state index contributed by atoms with van der Waals surface area (Å²) in [6, 6.07) is 0. The van der Waals surface area contributed by atoms with Gasteiger partial charge in [0.2, 0.25) is 0 Å². The molecule has 1 fully saturated rings. The number of aliphatic hydroxyl groups is 3. The molecule has 1 aliphatic heterocycles. The minimum atomic E-state index is -4.60. The fourth-order valence-corrected chi connectivity index (χ4v) is 7.06. The zero-order chi connectivity index (χ0) is 40.6. The number of rotatable bonds is 35. The normalized spacial score (nSPS) is 21.0. The van der Waals surface area contributed by atoms with E-state index in [0.29, 0.717) is 12.8 Å². The third kappa shape index (κ3) is 28.2. The summed E-state index contributed by atoms with van der Waals surface area (Å²) in [6.07, 6.45) is 25.1. The molecule has 6 unspecified atom stereocenters. The van der Waals surface area contributed by atoms with Gasteiger partial charge in [0.15, 0.2) is 12.4 Å². The van der Waals surface area contributed by atoms with Crippen LogP contribution in [0.1, 0.15) is 174 Å². The van der Waals surface area contributed by atoms with Gasteiger partial charge in [0.1, 0.15) is 36.8 Å². The van der Waals surface area contributed by atoms with Gasteiger partial charge in [-0.1, -0.05) is 122 Å². The first-order valence-electron chi connectivity index (χ1n) is 21.4. The maximum absolute atomic E-state index is 12.8. The average Bonchev–Trinajstić information content (AvgIpc) is 3.14. The molecular formula is C42H76O12S. The van der Waals surface area contributed by atoms with Crippen LogP contribution in [0.5, 0.6) is 0 Å². The second kappa shape index (κ2) is 33.1. The molecule has 0 amide bonds. The molecule has 0 aliphatic carbocycles.